The zero-order valence-corrected chi connectivity index (χ0v) is 8.13. The summed E-state index contributed by atoms with van der Waals surface area (Å²) in [5.74, 6) is -0.324. The van der Waals surface area contributed by atoms with Crippen LogP contribution in [0.25, 0.3) is 0 Å². The van der Waals surface area contributed by atoms with Gasteiger partial charge in [-0.1, -0.05) is 13.3 Å². The topological polar surface area (TPSA) is 55.1 Å². The van der Waals surface area contributed by atoms with Crippen molar-refractivity contribution in [1.29, 1.82) is 0 Å². The van der Waals surface area contributed by atoms with E-state index in [1.807, 2.05) is 19.1 Å². The van der Waals surface area contributed by atoms with Gasteiger partial charge in [0.05, 0.1) is 6.04 Å². The van der Waals surface area contributed by atoms with E-state index in [2.05, 4.69) is 12.2 Å². The van der Waals surface area contributed by atoms with E-state index in [4.69, 9.17) is 5.73 Å². The number of hydrogen-bond donors (Lipinski definition) is 2. The Kier molecular flexibility index (Phi) is 3.12. The van der Waals surface area contributed by atoms with E-state index in [1.165, 1.54) is 0 Å². The lowest BCUT2D eigenvalue weighted by atomic mass is 9.98. The zero-order valence-electron chi connectivity index (χ0n) is 8.13. The molecule has 0 saturated heterocycles. The normalized spacial score (nSPS) is 21.5. The van der Waals surface area contributed by atoms with Crippen LogP contribution in [0.15, 0.2) is 23.4 Å². The Morgan fingerprint density at radius 2 is 2.31 bits per heavy atom. The zero-order chi connectivity index (χ0) is 9.84. The maximum Gasteiger partial charge on any atom is 0.246 e. The molecular weight excluding hydrogens is 164 g/mol. The Bertz CT molecular complexity index is 266. The first kappa shape index (κ1) is 9.84. The Labute approximate surface area is 78.7 Å². The molecule has 0 aromatic rings. The van der Waals surface area contributed by atoms with E-state index in [1.54, 1.807) is 0 Å². The standard InChI is InChI=1S/C10H16N2O/c1-3-4-9-8(10(11)13)6-5-7(2)12-9/h5-6,9,12H,3-4H2,1-2H3,(H2,11,13). The molecule has 3 N–H and O–H groups in total. The van der Waals surface area contributed by atoms with Gasteiger partial charge in [-0.25, -0.2) is 0 Å². The van der Waals surface area contributed by atoms with Crippen molar-refractivity contribution in [1.82, 2.24) is 5.32 Å². The van der Waals surface area contributed by atoms with Crippen LogP contribution in [-0.4, -0.2) is 11.9 Å². The molecule has 1 amide bonds. The molecule has 3 nitrogen and oxygen atoms in total. The van der Waals surface area contributed by atoms with E-state index in [0.29, 0.717) is 5.57 Å². The molecule has 1 unspecified atom stereocenters. The average Bonchev–Trinajstić information content (AvgIpc) is 2.04. The molecule has 0 aliphatic carbocycles. The molecule has 0 saturated carbocycles. The highest BCUT2D eigenvalue weighted by Gasteiger charge is 2.19. The molecule has 0 bridgehead atoms. The van der Waals surface area contributed by atoms with Gasteiger partial charge in [0.1, 0.15) is 0 Å². The van der Waals surface area contributed by atoms with Gasteiger partial charge in [0.25, 0.3) is 0 Å². The number of nitrogens with one attached hydrogen (secondary N) is 1. The van der Waals surface area contributed by atoms with Crippen molar-refractivity contribution in [2.24, 2.45) is 5.73 Å². The fourth-order valence-electron chi connectivity index (χ4n) is 1.50. The molecule has 0 spiro atoms. The number of rotatable bonds is 3. The van der Waals surface area contributed by atoms with E-state index < -0.39 is 0 Å². The Hall–Kier alpha value is -1.25. The molecule has 1 atom stereocenters. The smallest absolute Gasteiger partial charge is 0.246 e. The quantitative estimate of drug-likeness (QED) is 0.682. The molecule has 0 aromatic carbocycles. The molecule has 72 valence electrons. The number of nitrogens with two attached hydrogens (primary N) is 1. The Morgan fingerprint density at radius 1 is 1.62 bits per heavy atom. The fraction of sp³-hybridized carbons (Fsp3) is 0.500. The number of primary amides is 1. The number of hydrogen-bond acceptors (Lipinski definition) is 2. The molecular formula is C10H16N2O. The lowest BCUT2D eigenvalue weighted by molar-refractivity contribution is -0.114. The third-order valence-corrected chi connectivity index (χ3v) is 2.15. The van der Waals surface area contributed by atoms with Gasteiger partial charge in [-0.15, -0.1) is 0 Å². The van der Waals surface area contributed by atoms with Gasteiger partial charge < -0.3 is 11.1 Å². The third-order valence-electron chi connectivity index (χ3n) is 2.15. The minimum Gasteiger partial charge on any atom is -0.382 e. The van der Waals surface area contributed by atoms with Crippen molar-refractivity contribution >= 4 is 5.91 Å². The van der Waals surface area contributed by atoms with Crippen LogP contribution >= 0.6 is 0 Å². The van der Waals surface area contributed by atoms with Gasteiger partial charge in [-0.2, -0.15) is 0 Å². The second-order valence-electron chi connectivity index (χ2n) is 3.32. The average molecular weight is 180 g/mol. The molecule has 3 heteroatoms. The van der Waals surface area contributed by atoms with E-state index >= 15 is 0 Å². The van der Waals surface area contributed by atoms with Crippen molar-refractivity contribution in [3.05, 3.63) is 23.4 Å². The van der Waals surface area contributed by atoms with Crippen molar-refractivity contribution in [2.45, 2.75) is 32.7 Å². The molecule has 1 rings (SSSR count). The van der Waals surface area contributed by atoms with Gasteiger partial charge >= 0.3 is 0 Å². The summed E-state index contributed by atoms with van der Waals surface area (Å²) in [4.78, 5) is 11.0. The fourth-order valence-corrected chi connectivity index (χ4v) is 1.50. The predicted molar refractivity (Wildman–Crippen MR) is 52.9 cm³/mol. The largest absolute Gasteiger partial charge is 0.382 e. The summed E-state index contributed by atoms with van der Waals surface area (Å²) in [7, 11) is 0. The number of carbonyl (C=O) groups excluding carboxylic acids is 1. The highest BCUT2D eigenvalue weighted by atomic mass is 16.1. The molecule has 1 aliphatic rings. The van der Waals surface area contributed by atoms with Crippen LogP contribution in [0, 0.1) is 0 Å². The minimum absolute atomic E-state index is 0.104. The number of allylic oxidation sites excluding steroid dienone is 3. The lowest BCUT2D eigenvalue weighted by Crippen LogP contribution is -2.37. The third kappa shape index (κ3) is 2.34. The van der Waals surface area contributed by atoms with Gasteiger partial charge in [-0.05, 0) is 25.5 Å². The number of dihydropyridines is 1. The van der Waals surface area contributed by atoms with Gasteiger partial charge in [0.2, 0.25) is 5.91 Å². The first-order valence-electron chi connectivity index (χ1n) is 4.60. The summed E-state index contributed by atoms with van der Waals surface area (Å²) in [6.45, 7) is 4.07. The minimum atomic E-state index is -0.324. The van der Waals surface area contributed by atoms with Crippen LogP contribution in [0.1, 0.15) is 26.7 Å². The van der Waals surface area contributed by atoms with Crippen molar-refractivity contribution in [3.63, 3.8) is 0 Å². The summed E-state index contributed by atoms with van der Waals surface area (Å²) < 4.78 is 0. The lowest BCUT2D eigenvalue weighted by Gasteiger charge is -2.23. The molecule has 0 fully saturated rings. The molecule has 1 heterocycles. The van der Waals surface area contributed by atoms with E-state index in [0.717, 1.165) is 18.5 Å². The highest BCUT2D eigenvalue weighted by molar-refractivity contribution is 5.93. The Balaban J connectivity index is 2.80. The molecule has 0 radical (unpaired) electrons. The number of carbonyl (C=O) groups is 1. The second-order valence-corrected chi connectivity index (χ2v) is 3.32. The Morgan fingerprint density at radius 3 is 2.85 bits per heavy atom. The van der Waals surface area contributed by atoms with Gasteiger partial charge in [-0.3, -0.25) is 4.79 Å². The summed E-state index contributed by atoms with van der Waals surface area (Å²) in [5.41, 5.74) is 7.03. The van der Waals surface area contributed by atoms with Crippen molar-refractivity contribution in [2.75, 3.05) is 0 Å². The van der Waals surface area contributed by atoms with Crippen molar-refractivity contribution < 1.29 is 4.79 Å². The number of amides is 1. The van der Waals surface area contributed by atoms with Gasteiger partial charge in [0.15, 0.2) is 0 Å². The second kappa shape index (κ2) is 4.12. The summed E-state index contributed by atoms with van der Waals surface area (Å²) in [6, 6.07) is 0.104. The van der Waals surface area contributed by atoms with Crippen molar-refractivity contribution in [3.8, 4) is 0 Å². The van der Waals surface area contributed by atoms with Crippen LogP contribution in [0.2, 0.25) is 0 Å². The molecule has 13 heavy (non-hydrogen) atoms. The first-order chi connectivity index (χ1) is 6.15. The summed E-state index contributed by atoms with van der Waals surface area (Å²) in [6.07, 6.45) is 5.68. The SMILES string of the molecule is CCCC1NC(C)=CC=C1C(N)=O. The molecule has 1 aliphatic heterocycles. The first-order valence-corrected chi connectivity index (χ1v) is 4.60. The van der Waals surface area contributed by atoms with Crippen LogP contribution in [0.5, 0.6) is 0 Å². The predicted octanol–water partition coefficient (Wildman–Crippen LogP) is 1.07. The van der Waals surface area contributed by atoms with Crippen LogP contribution in [0.4, 0.5) is 0 Å². The van der Waals surface area contributed by atoms with Gasteiger partial charge in [0, 0.05) is 11.3 Å². The van der Waals surface area contributed by atoms with E-state index in [-0.39, 0.29) is 11.9 Å². The maximum absolute atomic E-state index is 11.0. The van der Waals surface area contributed by atoms with Crippen LogP contribution in [0.3, 0.4) is 0 Å². The summed E-state index contributed by atoms with van der Waals surface area (Å²) >= 11 is 0. The van der Waals surface area contributed by atoms with E-state index in [9.17, 15) is 4.79 Å². The maximum atomic E-state index is 11.0. The van der Waals surface area contributed by atoms with Crippen LogP contribution < -0.4 is 11.1 Å². The van der Waals surface area contributed by atoms with Crippen LogP contribution in [-0.2, 0) is 4.79 Å². The highest BCUT2D eigenvalue weighted by Crippen LogP contribution is 2.14. The summed E-state index contributed by atoms with van der Waals surface area (Å²) in [5, 5.41) is 3.24. The monoisotopic (exact) mass is 180 g/mol. The molecule has 0 aromatic heterocycles.